The number of likely N-dealkylation sites (N-methyl/N-ethyl adjacent to an activating group) is 8. The van der Waals surface area contributed by atoms with Crippen molar-refractivity contribution in [3.05, 3.63) is 30.1 Å². The van der Waals surface area contributed by atoms with E-state index in [1.165, 1.54) is 97.4 Å². The lowest BCUT2D eigenvalue weighted by atomic mass is 9.95. The third-order valence-electron chi connectivity index (χ3n) is 16.1. The second-order valence-corrected chi connectivity index (χ2v) is 24.5. The first-order chi connectivity index (χ1) is 38.0. The predicted octanol–water partition coefficient (Wildman–Crippen LogP) is 3.55. The highest BCUT2D eigenvalue weighted by Gasteiger charge is 2.43. The van der Waals surface area contributed by atoms with Crippen LogP contribution in [0.4, 0.5) is 0 Å². The predicted molar refractivity (Wildman–Crippen MR) is 315 cm³/mol. The van der Waals surface area contributed by atoms with E-state index < -0.39 is 131 Å². The maximum Gasteiger partial charge on any atom is 0.324 e. The average molecular weight is 1150 g/mol. The summed E-state index contributed by atoms with van der Waals surface area (Å²) >= 11 is 0. The Kier molecular flexibility index (Phi) is 28.6. The van der Waals surface area contributed by atoms with Crippen LogP contribution in [0.5, 0.6) is 0 Å². The molecule has 2 N–H and O–H groups in total. The molecule has 0 spiro atoms. The molecule has 1 aromatic heterocycles. The zero-order valence-electron chi connectivity index (χ0n) is 53.6. The lowest BCUT2D eigenvalue weighted by molar-refractivity contribution is -0.169. The molecule has 0 bridgehead atoms. The van der Waals surface area contributed by atoms with Gasteiger partial charge in [0.05, 0.1) is 0 Å². The Labute approximate surface area is 490 Å². The molecule has 0 aliphatic carbocycles. The number of nitrogens with one attached hydrogen (secondary N) is 2. The van der Waals surface area contributed by atoms with Crippen LogP contribution in [-0.2, 0) is 59.1 Å². The summed E-state index contributed by atoms with van der Waals surface area (Å²) in [6.07, 6.45) is 3.65. The van der Waals surface area contributed by atoms with Crippen molar-refractivity contribution in [2.45, 2.75) is 195 Å². The van der Waals surface area contributed by atoms with Crippen molar-refractivity contribution in [3.63, 3.8) is 0 Å². The van der Waals surface area contributed by atoms with Crippen molar-refractivity contribution >= 4 is 59.1 Å². The average Bonchev–Trinajstić information content (AvgIpc) is 3.47. The third-order valence-corrected chi connectivity index (χ3v) is 16.1. The van der Waals surface area contributed by atoms with Gasteiger partial charge in [-0.25, -0.2) is 0 Å². The van der Waals surface area contributed by atoms with Crippen LogP contribution in [0.1, 0.15) is 134 Å². The van der Waals surface area contributed by atoms with Gasteiger partial charge in [0.2, 0.25) is 47.3 Å². The van der Waals surface area contributed by atoms with Gasteiger partial charge in [0.1, 0.15) is 54.4 Å². The number of carbonyl (C=O) groups excluding carboxylic acids is 10. The molecule has 11 atom stereocenters. The first kappa shape index (κ1) is 71.9. The van der Waals surface area contributed by atoms with Gasteiger partial charge in [0, 0.05) is 74.7 Å². The van der Waals surface area contributed by atoms with Crippen LogP contribution in [0, 0.1) is 29.6 Å². The van der Waals surface area contributed by atoms with Crippen LogP contribution < -0.4 is 10.6 Å². The Hall–Kier alpha value is -6.19. The van der Waals surface area contributed by atoms with E-state index in [2.05, 4.69) is 15.6 Å². The summed E-state index contributed by atoms with van der Waals surface area (Å²) < 4.78 is 5.86. The monoisotopic (exact) mass is 1150 g/mol. The van der Waals surface area contributed by atoms with E-state index in [4.69, 9.17) is 4.74 Å². The molecule has 2 heterocycles. The van der Waals surface area contributed by atoms with E-state index in [-0.39, 0.29) is 50.0 Å². The fourth-order valence-electron chi connectivity index (χ4n) is 10.5. The molecule has 0 unspecified atom stereocenters. The van der Waals surface area contributed by atoms with Crippen molar-refractivity contribution in [3.8, 4) is 0 Å². The molecule has 82 heavy (non-hydrogen) atoms. The SMILES string of the molecule is CC[C@H](C)[C@H]1C(=O)N[C@@H](C)C(=O)N(C)[C@@H](CC(C)C)C(=O)N[C@@H](Cc2ccncc2)C(=O)N(C)CCCC[C@H](N(C)C(=O)[C@H](CC(C)C)N(C)C(=O)[C@H](C)N(C)C(=O)[C@H](OC(=O)[C@H](C(C)C)N(C)C)C(C)C)C(=O)N(C)[C@@H](C)C(=O)N1C. The van der Waals surface area contributed by atoms with Crippen LogP contribution in [0.25, 0.3) is 0 Å². The molecule has 22 heteroatoms. The van der Waals surface area contributed by atoms with Gasteiger partial charge in [-0.1, -0.05) is 75.7 Å². The van der Waals surface area contributed by atoms with Crippen molar-refractivity contribution in [1.29, 1.82) is 0 Å². The van der Waals surface area contributed by atoms with Crippen LogP contribution >= 0.6 is 0 Å². The summed E-state index contributed by atoms with van der Waals surface area (Å²) in [5, 5.41) is 5.75. The number of nitrogens with zero attached hydrogens (tertiary/aromatic N) is 9. The van der Waals surface area contributed by atoms with Crippen LogP contribution in [0.15, 0.2) is 24.5 Å². The summed E-state index contributed by atoms with van der Waals surface area (Å²) in [7, 11) is 13.9. The Morgan fingerprint density at radius 1 is 0.683 bits per heavy atom. The van der Waals surface area contributed by atoms with Crippen molar-refractivity contribution in [1.82, 2.24) is 54.8 Å². The van der Waals surface area contributed by atoms with Crippen molar-refractivity contribution in [2.24, 2.45) is 29.6 Å². The topological polar surface area (TPSA) is 243 Å². The molecule has 464 valence electrons. The van der Waals surface area contributed by atoms with E-state index in [1.54, 1.807) is 71.3 Å². The number of hydrogen-bond acceptors (Lipinski definition) is 13. The molecule has 22 nitrogen and oxygen atoms in total. The Bertz CT molecular complexity index is 2330. The summed E-state index contributed by atoms with van der Waals surface area (Å²) in [5.74, 6) is -6.83. The maximum absolute atomic E-state index is 15.2. The quantitative estimate of drug-likeness (QED) is 0.189. The first-order valence-corrected chi connectivity index (χ1v) is 29.3. The molecular weight excluding hydrogens is 1050 g/mol. The molecule has 1 aliphatic heterocycles. The minimum Gasteiger partial charge on any atom is -0.451 e. The number of hydrogen-bond donors (Lipinski definition) is 2. The molecule has 9 amide bonds. The second kappa shape index (κ2) is 32.6. The summed E-state index contributed by atoms with van der Waals surface area (Å²) in [4.78, 5) is 160. The second-order valence-electron chi connectivity index (χ2n) is 24.5. The first-order valence-electron chi connectivity index (χ1n) is 29.3. The number of carbonyl (C=O) groups is 10. The standard InChI is InChI=1S/C60H103N11O11/c1-23-39(10)49-52(73)62-40(11)53(74)69(20)46(32-35(2)3)51(72)63-44(34-43-27-29-61-30-28-43)56(77)65(16)31-25-24-26-45(57(78)66(17)42(13)55(76)71(49)22)68(19)58(79)47(33-36(4)5)70(21)54(75)41(12)67(18)59(80)50(38(8)9)82-60(81)48(37(6)7)64(14)15/h27-30,35-42,44-50H,23-26,31-34H2,1-22H3,(H,62,73)(H,63,72)/t39-,40-,41-,42-,44-,45-,46-,47-,48-,49-,50+/m0/s1. The van der Waals surface area contributed by atoms with Crippen LogP contribution in [-0.4, -0.2) is 234 Å². The van der Waals surface area contributed by atoms with E-state index in [1.807, 2.05) is 48.5 Å². The normalized spacial score (nSPS) is 22.8. The molecule has 1 saturated heterocycles. The number of esters is 1. The molecular formula is C60H103N11O11. The highest BCUT2D eigenvalue weighted by atomic mass is 16.6. The molecule has 2 rings (SSSR count). The van der Waals surface area contributed by atoms with Gasteiger partial charge in [0.15, 0.2) is 6.10 Å². The molecule has 1 aliphatic rings. The largest absolute Gasteiger partial charge is 0.451 e. The third kappa shape index (κ3) is 19.2. The van der Waals surface area contributed by atoms with E-state index >= 15 is 9.59 Å². The number of aromatic nitrogens is 1. The van der Waals surface area contributed by atoms with Crippen molar-refractivity contribution in [2.75, 3.05) is 70.0 Å². The number of amides is 9. The minimum absolute atomic E-state index is 0.0572. The van der Waals surface area contributed by atoms with Crippen molar-refractivity contribution < 1.29 is 52.7 Å². The smallest absolute Gasteiger partial charge is 0.324 e. The van der Waals surface area contributed by atoms with E-state index in [0.29, 0.717) is 19.3 Å². The highest BCUT2D eigenvalue weighted by molar-refractivity contribution is 5.98. The fourth-order valence-corrected chi connectivity index (χ4v) is 10.5. The lowest BCUT2D eigenvalue weighted by Gasteiger charge is -2.40. The van der Waals surface area contributed by atoms with Gasteiger partial charge < -0.3 is 49.7 Å². The fraction of sp³-hybridized carbons (Fsp3) is 0.750. The number of pyridine rings is 1. The van der Waals surface area contributed by atoms with Gasteiger partial charge in [-0.05, 0) is 114 Å². The molecule has 0 aromatic carbocycles. The molecule has 0 saturated carbocycles. The number of rotatable bonds is 19. The Balaban J connectivity index is 2.75. The van der Waals surface area contributed by atoms with Gasteiger partial charge in [0.25, 0.3) is 5.91 Å². The van der Waals surface area contributed by atoms with Gasteiger partial charge in [-0.2, -0.15) is 0 Å². The highest BCUT2D eigenvalue weighted by Crippen LogP contribution is 2.24. The summed E-state index contributed by atoms with van der Waals surface area (Å²) in [5.41, 5.74) is 0.729. The van der Waals surface area contributed by atoms with Crippen LogP contribution in [0.2, 0.25) is 0 Å². The molecule has 1 fully saturated rings. The Morgan fingerprint density at radius 2 is 1.27 bits per heavy atom. The zero-order chi connectivity index (χ0) is 62.9. The van der Waals surface area contributed by atoms with Gasteiger partial charge in [-0.3, -0.25) is 57.8 Å². The number of ether oxygens (including phenoxy) is 1. The van der Waals surface area contributed by atoms with E-state index in [0.717, 1.165) is 5.56 Å². The molecule has 1 aromatic rings. The minimum atomic E-state index is -1.21. The zero-order valence-corrected chi connectivity index (χ0v) is 53.6. The summed E-state index contributed by atoms with van der Waals surface area (Å²) in [6, 6.07) is -6.10. The van der Waals surface area contributed by atoms with Crippen LogP contribution in [0.3, 0.4) is 0 Å². The molecule has 0 radical (unpaired) electrons. The lowest BCUT2D eigenvalue weighted by Crippen LogP contribution is -2.61. The van der Waals surface area contributed by atoms with E-state index in [9.17, 15) is 38.4 Å². The summed E-state index contributed by atoms with van der Waals surface area (Å²) in [6.45, 7) is 23.3. The maximum atomic E-state index is 15.2. The van der Waals surface area contributed by atoms with Gasteiger partial charge >= 0.3 is 5.97 Å². The Morgan fingerprint density at radius 3 is 1.78 bits per heavy atom. The van der Waals surface area contributed by atoms with Gasteiger partial charge in [-0.15, -0.1) is 0 Å².